The molecule has 0 unspecified atom stereocenters. The molecule has 1 fully saturated rings. The smallest absolute Gasteiger partial charge is 0.321 e. The summed E-state index contributed by atoms with van der Waals surface area (Å²) in [6.07, 6.45) is 3.40. The van der Waals surface area contributed by atoms with Gasteiger partial charge in [0.25, 0.3) is 0 Å². The van der Waals surface area contributed by atoms with Crippen molar-refractivity contribution < 1.29 is 9.18 Å². The Morgan fingerprint density at radius 2 is 2.06 bits per heavy atom. The highest BCUT2D eigenvalue weighted by Crippen LogP contribution is 2.29. The SMILES string of the molecule is CCCN(CC1CC1)C(=O)Nc1ccc(F)cc1. The molecule has 1 aromatic carbocycles. The molecule has 2 amide bonds. The van der Waals surface area contributed by atoms with E-state index in [4.69, 9.17) is 0 Å². The van der Waals surface area contributed by atoms with E-state index in [-0.39, 0.29) is 11.8 Å². The Labute approximate surface area is 107 Å². The van der Waals surface area contributed by atoms with E-state index in [1.165, 1.54) is 25.0 Å². The molecule has 1 aliphatic rings. The average molecular weight is 250 g/mol. The maximum Gasteiger partial charge on any atom is 0.321 e. The van der Waals surface area contributed by atoms with Crippen LogP contribution in [0.5, 0.6) is 0 Å². The van der Waals surface area contributed by atoms with Crippen LogP contribution in [0.3, 0.4) is 0 Å². The largest absolute Gasteiger partial charge is 0.324 e. The van der Waals surface area contributed by atoms with Crippen LogP contribution in [0.15, 0.2) is 24.3 Å². The van der Waals surface area contributed by atoms with Crippen molar-refractivity contribution in [1.82, 2.24) is 4.90 Å². The number of benzene rings is 1. The van der Waals surface area contributed by atoms with Gasteiger partial charge in [0, 0.05) is 18.8 Å². The molecule has 1 saturated carbocycles. The van der Waals surface area contributed by atoms with Crippen LogP contribution in [-0.2, 0) is 0 Å². The van der Waals surface area contributed by atoms with Gasteiger partial charge in [-0.1, -0.05) is 6.92 Å². The van der Waals surface area contributed by atoms with E-state index in [0.29, 0.717) is 11.6 Å². The highest BCUT2D eigenvalue weighted by Gasteiger charge is 2.26. The highest BCUT2D eigenvalue weighted by atomic mass is 19.1. The second kappa shape index (κ2) is 5.85. The molecule has 3 nitrogen and oxygen atoms in total. The van der Waals surface area contributed by atoms with Crippen LogP contribution in [0.4, 0.5) is 14.9 Å². The van der Waals surface area contributed by atoms with E-state index < -0.39 is 0 Å². The minimum absolute atomic E-state index is 0.0876. The molecule has 2 rings (SSSR count). The third-order valence-corrected chi connectivity index (χ3v) is 3.05. The maximum absolute atomic E-state index is 12.8. The van der Waals surface area contributed by atoms with Gasteiger partial charge >= 0.3 is 6.03 Å². The molecular weight excluding hydrogens is 231 g/mol. The van der Waals surface area contributed by atoms with E-state index in [9.17, 15) is 9.18 Å². The molecular formula is C14H19FN2O. The molecule has 1 N–H and O–H groups in total. The van der Waals surface area contributed by atoms with Gasteiger partial charge in [-0.3, -0.25) is 0 Å². The summed E-state index contributed by atoms with van der Waals surface area (Å²) in [7, 11) is 0. The van der Waals surface area contributed by atoms with Gasteiger partial charge in [0.1, 0.15) is 5.82 Å². The van der Waals surface area contributed by atoms with Crippen LogP contribution in [0.25, 0.3) is 0 Å². The molecule has 98 valence electrons. The Hall–Kier alpha value is -1.58. The molecule has 0 atom stereocenters. The molecule has 4 heteroatoms. The lowest BCUT2D eigenvalue weighted by Gasteiger charge is -2.22. The van der Waals surface area contributed by atoms with Crippen molar-refractivity contribution in [3.8, 4) is 0 Å². The van der Waals surface area contributed by atoms with Gasteiger partial charge in [0.15, 0.2) is 0 Å². The summed E-state index contributed by atoms with van der Waals surface area (Å²) in [4.78, 5) is 13.9. The molecule has 0 aliphatic heterocycles. The lowest BCUT2D eigenvalue weighted by molar-refractivity contribution is 0.209. The number of anilines is 1. The fourth-order valence-corrected chi connectivity index (χ4v) is 1.89. The van der Waals surface area contributed by atoms with Crippen LogP contribution >= 0.6 is 0 Å². The molecule has 0 heterocycles. The van der Waals surface area contributed by atoms with Crippen molar-refractivity contribution in [2.24, 2.45) is 5.92 Å². The zero-order valence-electron chi connectivity index (χ0n) is 10.7. The first-order valence-corrected chi connectivity index (χ1v) is 6.50. The number of rotatable bonds is 5. The van der Waals surface area contributed by atoms with Crippen LogP contribution in [0, 0.1) is 11.7 Å². The van der Waals surface area contributed by atoms with Crippen LogP contribution in [0.2, 0.25) is 0 Å². The molecule has 0 aromatic heterocycles. The zero-order chi connectivity index (χ0) is 13.0. The van der Waals surface area contributed by atoms with Gasteiger partial charge in [0.2, 0.25) is 0 Å². The van der Waals surface area contributed by atoms with E-state index in [1.54, 1.807) is 12.1 Å². The lowest BCUT2D eigenvalue weighted by Crippen LogP contribution is -2.37. The first kappa shape index (κ1) is 12.9. The fraction of sp³-hybridized carbons (Fsp3) is 0.500. The Balaban J connectivity index is 1.92. The second-order valence-electron chi connectivity index (χ2n) is 4.83. The number of halogens is 1. The molecule has 1 aromatic rings. The van der Waals surface area contributed by atoms with Gasteiger partial charge in [-0.15, -0.1) is 0 Å². The van der Waals surface area contributed by atoms with Crippen molar-refractivity contribution in [1.29, 1.82) is 0 Å². The zero-order valence-corrected chi connectivity index (χ0v) is 10.7. The Morgan fingerprint density at radius 3 is 2.61 bits per heavy atom. The van der Waals surface area contributed by atoms with E-state index in [1.807, 2.05) is 4.90 Å². The van der Waals surface area contributed by atoms with Crippen molar-refractivity contribution in [2.45, 2.75) is 26.2 Å². The van der Waals surface area contributed by atoms with Gasteiger partial charge in [-0.05, 0) is 49.4 Å². The van der Waals surface area contributed by atoms with Crippen molar-refractivity contribution in [3.05, 3.63) is 30.1 Å². The summed E-state index contributed by atoms with van der Waals surface area (Å²) in [5.41, 5.74) is 0.637. The van der Waals surface area contributed by atoms with Crippen LogP contribution in [0.1, 0.15) is 26.2 Å². The molecule has 0 bridgehead atoms. The Kier molecular flexibility index (Phi) is 4.18. The Morgan fingerprint density at radius 1 is 1.39 bits per heavy atom. The minimum atomic E-state index is -0.295. The third-order valence-electron chi connectivity index (χ3n) is 3.05. The van der Waals surface area contributed by atoms with Crippen LogP contribution < -0.4 is 5.32 Å². The van der Waals surface area contributed by atoms with Gasteiger partial charge in [-0.2, -0.15) is 0 Å². The van der Waals surface area contributed by atoms with Gasteiger partial charge < -0.3 is 10.2 Å². The predicted octanol–water partition coefficient (Wildman–Crippen LogP) is 3.48. The molecule has 0 saturated heterocycles. The molecule has 18 heavy (non-hydrogen) atoms. The number of hydrogen-bond donors (Lipinski definition) is 1. The summed E-state index contributed by atoms with van der Waals surface area (Å²) < 4.78 is 12.8. The first-order valence-electron chi connectivity index (χ1n) is 6.50. The van der Waals surface area contributed by atoms with E-state index in [0.717, 1.165) is 19.5 Å². The molecule has 0 radical (unpaired) electrons. The number of urea groups is 1. The summed E-state index contributed by atoms with van der Waals surface area (Å²) >= 11 is 0. The number of hydrogen-bond acceptors (Lipinski definition) is 1. The van der Waals surface area contributed by atoms with Crippen molar-refractivity contribution in [3.63, 3.8) is 0 Å². The fourth-order valence-electron chi connectivity index (χ4n) is 1.89. The monoisotopic (exact) mass is 250 g/mol. The summed E-state index contributed by atoms with van der Waals surface area (Å²) in [6, 6.07) is 5.76. The third kappa shape index (κ3) is 3.72. The number of carbonyl (C=O) groups excluding carboxylic acids is 1. The summed E-state index contributed by atoms with van der Waals surface area (Å²) in [5.74, 6) is 0.381. The van der Waals surface area contributed by atoms with E-state index in [2.05, 4.69) is 12.2 Å². The Bertz CT molecular complexity index is 401. The van der Waals surface area contributed by atoms with Gasteiger partial charge in [0.05, 0.1) is 0 Å². The first-order chi connectivity index (χ1) is 8.69. The lowest BCUT2D eigenvalue weighted by atomic mass is 10.3. The van der Waals surface area contributed by atoms with E-state index >= 15 is 0 Å². The second-order valence-corrected chi connectivity index (χ2v) is 4.83. The standard InChI is InChI=1S/C14H19FN2O/c1-2-9-17(10-11-3-4-11)14(18)16-13-7-5-12(15)6-8-13/h5-8,11H,2-4,9-10H2,1H3,(H,16,18). The number of nitrogens with zero attached hydrogens (tertiary/aromatic N) is 1. The minimum Gasteiger partial charge on any atom is -0.324 e. The average Bonchev–Trinajstić information content (AvgIpc) is 3.15. The highest BCUT2D eigenvalue weighted by molar-refractivity contribution is 5.89. The maximum atomic E-state index is 12.8. The van der Waals surface area contributed by atoms with Crippen LogP contribution in [-0.4, -0.2) is 24.0 Å². The molecule has 0 spiro atoms. The summed E-state index contributed by atoms with van der Waals surface area (Å²) in [5, 5.41) is 2.81. The van der Waals surface area contributed by atoms with Gasteiger partial charge in [-0.25, -0.2) is 9.18 Å². The number of amides is 2. The quantitative estimate of drug-likeness (QED) is 0.852. The predicted molar refractivity (Wildman–Crippen MR) is 70.0 cm³/mol. The normalized spacial score (nSPS) is 14.3. The topological polar surface area (TPSA) is 32.3 Å². The number of nitrogens with one attached hydrogen (secondary N) is 1. The molecule has 1 aliphatic carbocycles. The van der Waals surface area contributed by atoms with Crippen molar-refractivity contribution >= 4 is 11.7 Å². The summed E-state index contributed by atoms with van der Waals surface area (Å²) in [6.45, 7) is 3.66. The van der Waals surface area contributed by atoms with Crippen molar-refractivity contribution in [2.75, 3.05) is 18.4 Å². The number of carbonyl (C=O) groups is 1.